The number of amides is 3. The average molecular weight is 508 g/mol. The maximum absolute atomic E-state index is 12.8. The molecule has 0 atom stereocenters. The number of rotatable bonds is 8. The molecule has 0 unspecified atom stereocenters. The van der Waals surface area contributed by atoms with E-state index in [1.807, 2.05) is 31.2 Å². The zero-order valence-corrected chi connectivity index (χ0v) is 20.5. The second kappa shape index (κ2) is 10.8. The normalized spacial score (nSPS) is 13.4. The van der Waals surface area contributed by atoms with E-state index in [-0.39, 0.29) is 29.7 Å². The molecule has 0 bridgehead atoms. The van der Waals surface area contributed by atoms with Gasteiger partial charge < -0.3 is 10.6 Å². The van der Waals surface area contributed by atoms with Crippen LogP contribution < -0.4 is 10.6 Å². The van der Waals surface area contributed by atoms with Gasteiger partial charge >= 0.3 is 0 Å². The summed E-state index contributed by atoms with van der Waals surface area (Å²) in [6, 6.07) is 21.7. The monoisotopic (exact) mass is 507 g/mol. The third kappa shape index (κ3) is 5.39. The van der Waals surface area contributed by atoms with Crippen LogP contribution in [0.15, 0.2) is 83.5 Å². The van der Waals surface area contributed by atoms with Gasteiger partial charge in [0.05, 0.1) is 6.54 Å². The molecule has 2 N–H and O–H groups in total. The molecule has 8 heteroatoms. The number of carbonyl (C=O) groups excluding carboxylic acids is 3. The van der Waals surface area contributed by atoms with E-state index in [1.54, 1.807) is 48.5 Å². The fourth-order valence-electron chi connectivity index (χ4n) is 3.75. The van der Waals surface area contributed by atoms with Gasteiger partial charge in [-0.05, 0) is 47.4 Å². The molecule has 1 aliphatic rings. The van der Waals surface area contributed by atoms with Crippen LogP contribution in [0.3, 0.4) is 0 Å². The van der Waals surface area contributed by atoms with E-state index < -0.39 is 11.8 Å². The molecule has 1 heterocycles. The summed E-state index contributed by atoms with van der Waals surface area (Å²) in [7, 11) is 0. The number of nitrogens with one attached hydrogen (secondary N) is 2. The highest BCUT2D eigenvalue weighted by atomic mass is 35.5. The standard InChI is InChI=1S/C27H23Cl2N3O3/c1-2-18-7-4-6-10-22(18)31-25(33)19-13-11-17(12-14-19)15-30-24-23(29)26(34)32(27(24)35)16-20-8-3-5-9-21(20)28/h3-14,30H,2,15-16H2,1H3,(H,31,33). The lowest BCUT2D eigenvalue weighted by Crippen LogP contribution is -2.33. The highest BCUT2D eigenvalue weighted by Gasteiger charge is 2.37. The van der Waals surface area contributed by atoms with Crippen molar-refractivity contribution in [3.05, 3.63) is 111 Å². The number of aryl methyl sites for hydroxylation is 1. The fraction of sp³-hybridized carbons (Fsp3) is 0.148. The topological polar surface area (TPSA) is 78.5 Å². The first kappa shape index (κ1) is 24.5. The lowest BCUT2D eigenvalue weighted by atomic mass is 10.1. The van der Waals surface area contributed by atoms with E-state index in [1.165, 1.54) is 0 Å². The predicted molar refractivity (Wildman–Crippen MR) is 137 cm³/mol. The Kier molecular flexibility index (Phi) is 7.54. The van der Waals surface area contributed by atoms with E-state index in [9.17, 15) is 14.4 Å². The molecular weight excluding hydrogens is 485 g/mol. The Balaban J connectivity index is 1.38. The zero-order valence-electron chi connectivity index (χ0n) is 19.0. The van der Waals surface area contributed by atoms with Crippen LogP contribution in [0.25, 0.3) is 0 Å². The van der Waals surface area contributed by atoms with Gasteiger partial charge in [0.2, 0.25) is 0 Å². The van der Waals surface area contributed by atoms with Gasteiger partial charge in [-0.25, -0.2) is 0 Å². The van der Waals surface area contributed by atoms with Crippen LogP contribution in [0.2, 0.25) is 5.02 Å². The molecule has 0 radical (unpaired) electrons. The van der Waals surface area contributed by atoms with E-state index in [0.717, 1.165) is 28.1 Å². The smallest absolute Gasteiger partial charge is 0.278 e. The minimum Gasteiger partial charge on any atom is -0.375 e. The van der Waals surface area contributed by atoms with Crippen LogP contribution >= 0.6 is 23.2 Å². The number of halogens is 2. The largest absolute Gasteiger partial charge is 0.375 e. The Bertz CT molecular complexity index is 1320. The van der Waals surface area contributed by atoms with E-state index in [4.69, 9.17) is 23.2 Å². The molecule has 6 nitrogen and oxygen atoms in total. The van der Waals surface area contributed by atoms with Gasteiger partial charge in [-0.1, -0.05) is 78.7 Å². The SMILES string of the molecule is CCc1ccccc1NC(=O)c1ccc(CNC2=C(Cl)C(=O)N(Cc3ccccc3Cl)C2=O)cc1. The Morgan fingerprint density at radius 3 is 2.20 bits per heavy atom. The number of anilines is 1. The van der Waals surface area contributed by atoms with Gasteiger partial charge in [-0.15, -0.1) is 0 Å². The number of nitrogens with zero attached hydrogens (tertiary/aromatic N) is 1. The number of imide groups is 1. The maximum atomic E-state index is 12.8. The molecule has 3 aromatic rings. The van der Waals surface area contributed by atoms with E-state index in [0.29, 0.717) is 16.1 Å². The van der Waals surface area contributed by atoms with Crippen LogP contribution in [-0.2, 0) is 29.1 Å². The fourth-order valence-corrected chi connectivity index (χ4v) is 4.19. The number of benzene rings is 3. The van der Waals surface area contributed by atoms with Gasteiger partial charge in [-0.2, -0.15) is 0 Å². The molecule has 3 amide bonds. The number of carbonyl (C=O) groups is 3. The molecule has 0 aromatic heterocycles. The molecule has 0 saturated heterocycles. The van der Waals surface area contributed by atoms with Crippen LogP contribution in [0.5, 0.6) is 0 Å². The molecule has 0 fully saturated rings. The maximum Gasteiger partial charge on any atom is 0.278 e. The van der Waals surface area contributed by atoms with Gasteiger partial charge in [0, 0.05) is 22.8 Å². The Hall–Kier alpha value is -3.61. The molecule has 0 saturated carbocycles. The first-order chi connectivity index (χ1) is 16.9. The van der Waals surface area contributed by atoms with Crippen molar-refractivity contribution in [2.24, 2.45) is 0 Å². The minimum atomic E-state index is -0.571. The third-order valence-electron chi connectivity index (χ3n) is 5.73. The highest BCUT2D eigenvalue weighted by molar-refractivity contribution is 6.47. The van der Waals surface area contributed by atoms with Gasteiger partial charge in [0.1, 0.15) is 10.7 Å². The van der Waals surface area contributed by atoms with Crippen LogP contribution in [0.1, 0.15) is 34.0 Å². The van der Waals surface area contributed by atoms with Gasteiger partial charge in [0.15, 0.2) is 0 Å². The van der Waals surface area contributed by atoms with Crippen molar-refractivity contribution in [3.63, 3.8) is 0 Å². The number of para-hydroxylation sites is 1. The van der Waals surface area contributed by atoms with Crippen molar-refractivity contribution >= 4 is 46.6 Å². The lowest BCUT2D eigenvalue weighted by molar-refractivity contribution is -0.138. The van der Waals surface area contributed by atoms with Crippen molar-refractivity contribution in [1.29, 1.82) is 0 Å². The van der Waals surface area contributed by atoms with Crippen molar-refractivity contribution in [2.75, 3.05) is 5.32 Å². The number of hydrogen-bond donors (Lipinski definition) is 2. The van der Waals surface area contributed by atoms with Crippen LogP contribution in [-0.4, -0.2) is 22.6 Å². The zero-order chi connectivity index (χ0) is 24.9. The van der Waals surface area contributed by atoms with Gasteiger partial charge in [0.25, 0.3) is 17.7 Å². The third-order valence-corrected chi connectivity index (χ3v) is 6.45. The van der Waals surface area contributed by atoms with Crippen LogP contribution in [0, 0.1) is 0 Å². The van der Waals surface area contributed by atoms with Crippen LogP contribution in [0.4, 0.5) is 5.69 Å². The van der Waals surface area contributed by atoms with Gasteiger partial charge in [-0.3, -0.25) is 19.3 Å². The molecule has 4 rings (SSSR count). The molecule has 0 aliphatic carbocycles. The molecule has 3 aromatic carbocycles. The first-order valence-electron chi connectivity index (χ1n) is 11.1. The second-order valence-corrected chi connectivity index (χ2v) is 8.78. The summed E-state index contributed by atoms with van der Waals surface area (Å²) in [5.41, 5.74) is 3.87. The summed E-state index contributed by atoms with van der Waals surface area (Å²) in [5.74, 6) is -1.29. The Morgan fingerprint density at radius 1 is 0.857 bits per heavy atom. The second-order valence-electron chi connectivity index (χ2n) is 7.99. The van der Waals surface area contributed by atoms with Crippen molar-refractivity contribution in [2.45, 2.75) is 26.4 Å². The van der Waals surface area contributed by atoms with E-state index >= 15 is 0 Å². The average Bonchev–Trinajstić information content (AvgIpc) is 3.07. The molecule has 35 heavy (non-hydrogen) atoms. The summed E-state index contributed by atoms with van der Waals surface area (Å²) in [6.45, 7) is 2.32. The molecule has 1 aliphatic heterocycles. The summed E-state index contributed by atoms with van der Waals surface area (Å²) in [5, 5.41) is 6.21. The molecular formula is C27H23Cl2N3O3. The Morgan fingerprint density at radius 2 is 1.51 bits per heavy atom. The van der Waals surface area contributed by atoms with Crippen molar-refractivity contribution < 1.29 is 14.4 Å². The quantitative estimate of drug-likeness (QED) is 0.407. The predicted octanol–water partition coefficient (Wildman–Crippen LogP) is 5.26. The van der Waals surface area contributed by atoms with Crippen molar-refractivity contribution in [3.8, 4) is 0 Å². The summed E-state index contributed by atoms with van der Waals surface area (Å²) >= 11 is 12.3. The van der Waals surface area contributed by atoms with E-state index in [2.05, 4.69) is 10.6 Å². The summed E-state index contributed by atoms with van der Waals surface area (Å²) < 4.78 is 0. The van der Waals surface area contributed by atoms with Crippen molar-refractivity contribution in [1.82, 2.24) is 10.2 Å². The lowest BCUT2D eigenvalue weighted by Gasteiger charge is -2.16. The molecule has 178 valence electrons. The minimum absolute atomic E-state index is 0.0315. The summed E-state index contributed by atoms with van der Waals surface area (Å²) in [4.78, 5) is 39.1. The number of hydrogen-bond acceptors (Lipinski definition) is 4. The first-order valence-corrected chi connectivity index (χ1v) is 11.9. The molecule has 0 spiro atoms. The highest BCUT2D eigenvalue weighted by Crippen LogP contribution is 2.26. The Labute approximate surface area is 213 Å². The summed E-state index contributed by atoms with van der Waals surface area (Å²) in [6.07, 6.45) is 0.816.